The van der Waals surface area contributed by atoms with Gasteiger partial charge in [-0.15, -0.1) is 0 Å². The summed E-state index contributed by atoms with van der Waals surface area (Å²) in [6, 6.07) is 6.29. The third-order valence-electron chi connectivity index (χ3n) is 4.34. The van der Waals surface area contributed by atoms with Crippen molar-refractivity contribution in [3.63, 3.8) is 0 Å². The summed E-state index contributed by atoms with van der Waals surface area (Å²) in [7, 11) is 0. The summed E-state index contributed by atoms with van der Waals surface area (Å²) in [4.78, 5) is 15.0. The number of piperazine rings is 1. The van der Waals surface area contributed by atoms with Crippen molar-refractivity contribution in [2.24, 2.45) is 0 Å². The number of hydrogen-bond acceptors (Lipinski definition) is 4. The molecule has 2 rings (SSSR count). The number of aryl methyl sites for hydroxylation is 2. The molecule has 1 atom stereocenters. The van der Waals surface area contributed by atoms with E-state index in [2.05, 4.69) is 42.3 Å². The van der Waals surface area contributed by atoms with E-state index >= 15 is 0 Å². The second-order valence-corrected chi connectivity index (χ2v) is 5.85. The predicted molar refractivity (Wildman–Crippen MR) is 84.3 cm³/mol. The van der Waals surface area contributed by atoms with Crippen molar-refractivity contribution in [3.8, 4) is 0 Å². The van der Waals surface area contributed by atoms with Crippen LogP contribution in [0.4, 0.5) is 0 Å². The molecular weight excluding hydrogens is 264 g/mol. The first kappa shape index (κ1) is 16.0. The van der Waals surface area contributed by atoms with Crippen LogP contribution in [0.25, 0.3) is 0 Å². The highest BCUT2D eigenvalue weighted by Gasteiger charge is 2.43. The Morgan fingerprint density at radius 1 is 1.33 bits per heavy atom. The SMILES string of the molecule is CCOC(=O)C(C)(c1cc(C)ccc1C)N1CCNCC1. The van der Waals surface area contributed by atoms with Crippen molar-refractivity contribution in [1.82, 2.24) is 10.2 Å². The normalized spacial score (nSPS) is 19.0. The number of carbonyl (C=O) groups is 1. The quantitative estimate of drug-likeness (QED) is 0.861. The first-order valence-corrected chi connectivity index (χ1v) is 7.71. The van der Waals surface area contributed by atoms with Gasteiger partial charge in [0.25, 0.3) is 0 Å². The van der Waals surface area contributed by atoms with Crippen LogP contribution in [0, 0.1) is 13.8 Å². The summed E-state index contributed by atoms with van der Waals surface area (Å²) in [5, 5.41) is 3.34. The van der Waals surface area contributed by atoms with E-state index < -0.39 is 5.54 Å². The summed E-state index contributed by atoms with van der Waals surface area (Å²) in [6.07, 6.45) is 0. The van der Waals surface area contributed by atoms with Gasteiger partial charge in [0.05, 0.1) is 6.61 Å². The number of nitrogens with zero attached hydrogens (tertiary/aromatic N) is 1. The molecule has 4 heteroatoms. The van der Waals surface area contributed by atoms with Crippen molar-refractivity contribution >= 4 is 5.97 Å². The lowest BCUT2D eigenvalue weighted by Crippen LogP contribution is -2.57. The Morgan fingerprint density at radius 3 is 2.62 bits per heavy atom. The fourth-order valence-corrected chi connectivity index (χ4v) is 3.05. The first-order valence-electron chi connectivity index (χ1n) is 7.71. The maximum absolute atomic E-state index is 12.7. The highest BCUT2D eigenvalue weighted by atomic mass is 16.5. The van der Waals surface area contributed by atoms with Crippen LogP contribution in [0.2, 0.25) is 0 Å². The van der Waals surface area contributed by atoms with Gasteiger partial charge in [0.15, 0.2) is 0 Å². The van der Waals surface area contributed by atoms with Crippen molar-refractivity contribution in [1.29, 1.82) is 0 Å². The van der Waals surface area contributed by atoms with E-state index in [0.29, 0.717) is 6.61 Å². The molecule has 116 valence electrons. The van der Waals surface area contributed by atoms with Gasteiger partial charge in [-0.05, 0) is 38.8 Å². The number of ether oxygens (including phenoxy) is 1. The van der Waals surface area contributed by atoms with Crippen LogP contribution in [0.3, 0.4) is 0 Å². The third kappa shape index (κ3) is 3.11. The molecule has 0 spiro atoms. The molecule has 1 aliphatic heterocycles. The summed E-state index contributed by atoms with van der Waals surface area (Å²) >= 11 is 0. The maximum Gasteiger partial charge on any atom is 0.330 e. The number of benzene rings is 1. The number of carbonyl (C=O) groups excluding carboxylic acids is 1. The van der Waals surface area contributed by atoms with E-state index in [0.717, 1.165) is 37.3 Å². The molecule has 0 amide bonds. The average Bonchev–Trinajstić information content (AvgIpc) is 2.50. The minimum Gasteiger partial charge on any atom is -0.464 e. The predicted octanol–water partition coefficient (Wildman–Crippen LogP) is 1.99. The molecule has 1 N–H and O–H groups in total. The topological polar surface area (TPSA) is 41.6 Å². The van der Waals surface area contributed by atoms with Gasteiger partial charge >= 0.3 is 5.97 Å². The van der Waals surface area contributed by atoms with Crippen LogP contribution >= 0.6 is 0 Å². The zero-order chi connectivity index (χ0) is 15.5. The Bertz CT molecular complexity index is 510. The molecule has 1 saturated heterocycles. The monoisotopic (exact) mass is 290 g/mol. The lowest BCUT2D eigenvalue weighted by Gasteiger charge is -2.42. The van der Waals surface area contributed by atoms with E-state index in [4.69, 9.17) is 4.74 Å². The molecule has 0 saturated carbocycles. The molecule has 1 aromatic carbocycles. The fraction of sp³-hybridized carbons (Fsp3) is 0.588. The van der Waals surface area contributed by atoms with Gasteiger partial charge in [-0.3, -0.25) is 4.90 Å². The smallest absolute Gasteiger partial charge is 0.330 e. The van der Waals surface area contributed by atoms with Gasteiger partial charge in [-0.25, -0.2) is 4.79 Å². The Hall–Kier alpha value is -1.39. The highest BCUT2D eigenvalue weighted by molar-refractivity contribution is 5.83. The number of hydrogen-bond donors (Lipinski definition) is 1. The Kier molecular flexibility index (Phi) is 5.01. The average molecular weight is 290 g/mol. The molecule has 1 fully saturated rings. The van der Waals surface area contributed by atoms with Crippen LogP contribution in [-0.4, -0.2) is 43.7 Å². The van der Waals surface area contributed by atoms with Crippen molar-refractivity contribution in [2.75, 3.05) is 32.8 Å². The zero-order valence-corrected chi connectivity index (χ0v) is 13.5. The van der Waals surface area contributed by atoms with Crippen LogP contribution in [0.1, 0.15) is 30.5 Å². The second kappa shape index (κ2) is 6.58. The summed E-state index contributed by atoms with van der Waals surface area (Å²) in [5.41, 5.74) is 2.65. The van der Waals surface area contributed by atoms with Crippen LogP contribution in [0.5, 0.6) is 0 Å². The summed E-state index contributed by atoms with van der Waals surface area (Å²) in [6.45, 7) is 11.9. The van der Waals surface area contributed by atoms with Crippen molar-refractivity contribution in [3.05, 3.63) is 34.9 Å². The Labute approximate surface area is 127 Å². The molecule has 1 aromatic rings. The zero-order valence-electron chi connectivity index (χ0n) is 13.5. The number of esters is 1. The molecule has 1 aliphatic rings. The first-order chi connectivity index (χ1) is 10.00. The molecule has 0 bridgehead atoms. The molecule has 1 heterocycles. The molecule has 0 radical (unpaired) electrons. The molecule has 4 nitrogen and oxygen atoms in total. The van der Waals surface area contributed by atoms with Gasteiger partial charge in [-0.2, -0.15) is 0 Å². The van der Waals surface area contributed by atoms with Crippen molar-refractivity contribution in [2.45, 2.75) is 33.2 Å². The van der Waals surface area contributed by atoms with E-state index in [-0.39, 0.29) is 5.97 Å². The van der Waals surface area contributed by atoms with Gasteiger partial charge < -0.3 is 10.1 Å². The standard InChI is InChI=1S/C17H26N2O2/c1-5-21-16(20)17(4,19-10-8-18-9-11-19)15-12-13(2)6-7-14(15)3/h6-7,12,18H,5,8-11H2,1-4H3. The molecular formula is C17H26N2O2. The van der Waals surface area contributed by atoms with E-state index in [1.54, 1.807) is 0 Å². The fourth-order valence-electron chi connectivity index (χ4n) is 3.05. The molecule has 0 aliphatic carbocycles. The van der Waals surface area contributed by atoms with Crippen LogP contribution < -0.4 is 5.32 Å². The summed E-state index contributed by atoms with van der Waals surface area (Å²) < 4.78 is 5.41. The lowest BCUT2D eigenvalue weighted by molar-refractivity contribution is -0.158. The minimum absolute atomic E-state index is 0.152. The number of nitrogens with one attached hydrogen (secondary N) is 1. The van der Waals surface area contributed by atoms with Crippen LogP contribution in [0.15, 0.2) is 18.2 Å². The Balaban J connectivity index is 2.48. The highest BCUT2D eigenvalue weighted by Crippen LogP contribution is 2.33. The maximum atomic E-state index is 12.7. The lowest BCUT2D eigenvalue weighted by atomic mass is 9.85. The minimum atomic E-state index is -0.714. The molecule has 21 heavy (non-hydrogen) atoms. The van der Waals surface area contributed by atoms with Gasteiger partial charge in [0.2, 0.25) is 0 Å². The van der Waals surface area contributed by atoms with E-state index in [1.165, 1.54) is 5.56 Å². The van der Waals surface area contributed by atoms with Gasteiger partial charge in [-0.1, -0.05) is 23.8 Å². The van der Waals surface area contributed by atoms with E-state index in [1.807, 2.05) is 13.8 Å². The second-order valence-electron chi connectivity index (χ2n) is 5.85. The third-order valence-corrected chi connectivity index (χ3v) is 4.34. The largest absolute Gasteiger partial charge is 0.464 e. The van der Waals surface area contributed by atoms with Crippen molar-refractivity contribution < 1.29 is 9.53 Å². The van der Waals surface area contributed by atoms with Crippen LogP contribution in [-0.2, 0) is 15.1 Å². The molecule has 0 aromatic heterocycles. The summed E-state index contributed by atoms with van der Waals surface area (Å²) in [5.74, 6) is -0.152. The van der Waals surface area contributed by atoms with Gasteiger partial charge in [0, 0.05) is 26.2 Å². The van der Waals surface area contributed by atoms with Gasteiger partial charge in [0.1, 0.15) is 5.54 Å². The Morgan fingerprint density at radius 2 is 2.00 bits per heavy atom. The number of rotatable bonds is 4. The van der Waals surface area contributed by atoms with E-state index in [9.17, 15) is 4.79 Å². The molecule has 1 unspecified atom stereocenters.